The van der Waals surface area contributed by atoms with Crippen LogP contribution in [0, 0.1) is 9.75 Å². The highest BCUT2D eigenvalue weighted by Crippen LogP contribution is 2.48. The molecule has 0 aliphatic carbocycles. The Labute approximate surface area is 312 Å². The molecule has 1 aliphatic heterocycles. The van der Waals surface area contributed by atoms with E-state index in [2.05, 4.69) is 20.0 Å². The molecule has 276 valence electrons. The summed E-state index contributed by atoms with van der Waals surface area (Å²) in [7, 11) is -3.36. The molecule has 6 atom stereocenters. The maximum absolute atomic E-state index is 13.7. The summed E-state index contributed by atoms with van der Waals surface area (Å²) in [6.45, 7) is 4.47. The molecule has 0 spiro atoms. The molecule has 3 aromatic carbocycles. The van der Waals surface area contributed by atoms with Gasteiger partial charge in [-0.1, -0.05) is 74.5 Å². The fourth-order valence-electron chi connectivity index (χ4n) is 5.86. The molecule has 6 rings (SSSR count). The van der Waals surface area contributed by atoms with Crippen molar-refractivity contribution >= 4 is 64.2 Å². The number of fused-ring (bicyclic) bond motifs is 2. The molecule has 3 heterocycles. The maximum atomic E-state index is 13.7. The third-order valence-corrected chi connectivity index (χ3v) is 10.4. The Bertz CT molecular complexity index is 2130. The molecule has 2 aromatic heterocycles. The lowest BCUT2D eigenvalue weighted by Gasteiger charge is -2.27. The van der Waals surface area contributed by atoms with Crippen molar-refractivity contribution in [3.63, 3.8) is 0 Å². The average molecular weight is 849 g/mol. The minimum Gasteiger partial charge on any atom is -0.487 e. The van der Waals surface area contributed by atoms with Crippen LogP contribution in [0.1, 0.15) is 32.6 Å². The predicted octanol–water partition coefficient (Wildman–Crippen LogP) is 4.10. The van der Waals surface area contributed by atoms with Crippen LogP contribution in [0.3, 0.4) is 0 Å². The Kier molecular flexibility index (Phi) is 10.9. The minimum absolute atomic E-state index is 0.0164. The number of rotatable bonds is 13. The number of aromatic nitrogens is 4. The van der Waals surface area contributed by atoms with E-state index in [4.69, 9.17) is 29.2 Å². The number of carbonyl (C=O) groups is 1. The number of anilines is 1. The van der Waals surface area contributed by atoms with E-state index in [0.29, 0.717) is 14.6 Å². The molecule has 0 bridgehead atoms. The second-order valence-electron chi connectivity index (χ2n) is 12.7. The summed E-state index contributed by atoms with van der Waals surface area (Å²) in [5.74, 6) is -1.20. The molecule has 5 aromatic rings. The molecule has 18 heteroatoms. The molecule has 1 fully saturated rings. The molecule has 0 radical (unpaired) electrons. The van der Waals surface area contributed by atoms with Crippen molar-refractivity contribution in [2.45, 2.75) is 57.5 Å². The number of benzene rings is 3. The number of hydrogen-bond donors (Lipinski definition) is 5. The standard InChI is InChI=1S/C34H38IN6O10P/c1-18(2)24(30(43)49-16-19-10-6-5-7-11-19)40-52(45,46)51-26-21-13-9-8-12-20(21)14-15-22(26)48-17-23-27(42)34(3,44)31(50-23)41-28-25(37-32(41)35)29(47-4)39-33(36)38-28/h5-15,18,23-24,27,31,42,44H,16-17H2,1-4H3,(H2,36,38,39)(H2,40,45,46)/t23-,24+,27-,31-,34-/m1/s1. The van der Waals surface area contributed by atoms with Crippen molar-refractivity contribution in [3.8, 4) is 17.4 Å². The van der Waals surface area contributed by atoms with Gasteiger partial charge in [0, 0.05) is 28.0 Å². The van der Waals surface area contributed by atoms with E-state index < -0.39 is 49.7 Å². The Morgan fingerprint density at radius 3 is 2.54 bits per heavy atom. The van der Waals surface area contributed by atoms with Crippen LogP contribution in [-0.4, -0.2) is 78.2 Å². The van der Waals surface area contributed by atoms with E-state index in [1.54, 1.807) is 62.4 Å². The summed E-state index contributed by atoms with van der Waals surface area (Å²) in [5, 5.41) is 26.4. The van der Waals surface area contributed by atoms with Gasteiger partial charge < -0.3 is 44.3 Å². The van der Waals surface area contributed by atoms with Gasteiger partial charge in [0.05, 0.1) is 7.11 Å². The van der Waals surface area contributed by atoms with Crippen LogP contribution in [0.5, 0.6) is 17.4 Å². The summed E-state index contributed by atoms with van der Waals surface area (Å²) in [5.41, 5.74) is 5.28. The van der Waals surface area contributed by atoms with Crippen LogP contribution in [0.15, 0.2) is 66.7 Å². The van der Waals surface area contributed by atoms with E-state index >= 15 is 0 Å². The molecule has 16 nitrogen and oxygen atoms in total. The Hall–Kier alpha value is -4.10. The smallest absolute Gasteiger partial charge is 0.457 e. The van der Waals surface area contributed by atoms with Gasteiger partial charge in [-0.25, -0.2) is 9.55 Å². The van der Waals surface area contributed by atoms with Gasteiger partial charge in [0.15, 0.2) is 32.7 Å². The molecule has 1 aliphatic rings. The molecule has 1 saturated heterocycles. The summed E-state index contributed by atoms with van der Waals surface area (Å²) in [6, 6.07) is 18.1. The zero-order valence-corrected chi connectivity index (χ0v) is 31.6. The first-order valence-corrected chi connectivity index (χ1v) is 18.8. The number of methoxy groups -OCH3 is 1. The van der Waals surface area contributed by atoms with Crippen molar-refractivity contribution < 1.29 is 47.9 Å². The van der Waals surface area contributed by atoms with Crippen molar-refractivity contribution in [2.75, 3.05) is 19.5 Å². The first-order chi connectivity index (χ1) is 24.7. The molecule has 0 amide bonds. The molecular formula is C34H38IN6O10P. The fraction of sp³-hybridized carbons (Fsp3) is 0.353. The highest BCUT2D eigenvalue weighted by molar-refractivity contribution is 14.1. The molecule has 0 saturated carbocycles. The summed E-state index contributed by atoms with van der Waals surface area (Å²) >= 11 is 1.94. The van der Waals surface area contributed by atoms with E-state index in [9.17, 15) is 24.5 Å². The lowest BCUT2D eigenvalue weighted by molar-refractivity contribution is -0.148. The van der Waals surface area contributed by atoms with Crippen LogP contribution in [0.4, 0.5) is 5.95 Å². The lowest BCUT2D eigenvalue weighted by atomic mass is 9.96. The number of carbonyl (C=O) groups excluding carboxylic acids is 1. The summed E-state index contributed by atoms with van der Waals surface area (Å²) < 4.78 is 44.3. The number of imidazole rings is 1. The highest BCUT2D eigenvalue weighted by atomic mass is 127. The SMILES string of the molecule is COc1nc(N)nc2c1nc(I)n2[C@@H]1O[C@H](COc2ccc3ccccc3c2OP(=O)(O)N[C@H](C(=O)OCc2ccccc2)C(C)C)[C@@H](O)[C@@]1(C)O. The second-order valence-corrected chi connectivity index (χ2v) is 15.1. The number of nitrogens with zero attached hydrogens (tertiary/aromatic N) is 4. The van der Waals surface area contributed by atoms with Crippen LogP contribution in [0.25, 0.3) is 21.9 Å². The van der Waals surface area contributed by atoms with Crippen LogP contribution >= 0.6 is 30.3 Å². The van der Waals surface area contributed by atoms with E-state index in [1.165, 1.54) is 18.6 Å². The van der Waals surface area contributed by atoms with Crippen LogP contribution in [-0.2, 0) is 25.4 Å². The predicted molar refractivity (Wildman–Crippen MR) is 197 cm³/mol. The van der Waals surface area contributed by atoms with Gasteiger partial charge >= 0.3 is 13.7 Å². The number of aliphatic hydroxyl groups is 2. The van der Waals surface area contributed by atoms with Gasteiger partial charge in [-0.05, 0) is 29.9 Å². The van der Waals surface area contributed by atoms with E-state index in [0.717, 1.165) is 5.56 Å². The Morgan fingerprint density at radius 2 is 1.83 bits per heavy atom. The number of esters is 1. The maximum Gasteiger partial charge on any atom is 0.457 e. The van der Waals surface area contributed by atoms with E-state index in [1.807, 2.05) is 40.8 Å². The van der Waals surface area contributed by atoms with E-state index in [-0.39, 0.29) is 47.7 Å². The zero-order valence-electron chi connectivity index (χ0n) is 28.5. The molecule has 52 heavy (non-hydrogen) atoms. The van der Waals surface area contributed by atoms with Gasteiger partial charge in [-0.2, -0.15) is 15.1 Å². The number of hydrogen-bond acceptors (Lipinski definition) is 13. The quantitative estimate of drug-likeness (QED) is 0.0487. The van der Waals surface area contributed by atoms with Crippen molar-refractivity contribution in [2.24, 2.45) is 5.92 Å². The van der Waals surface area contributed by atoms with Crippen molar-refractivity contribution in [1.29, 1.82) is 0 Å². The second kappa shape index (κ2) is 15.1. The monoisotopic (exact) mass is 848 g/mol. The number of ether oxygens (including phenoxy) is 4. The van der Waals surface area contributed by atoms with Crippen LogP contribution < -0.4 is 24.8 Å². The van der Waals surface area contributed by atoms with Gasteiger partial charge in [0.1, 0.15) is 37.1 Å². The molecular weight excluding hydrogens is 810 g/mol. The Morgan fingerprint density at radius 1 is 1.12 bits per heavy atom. The largest absolute Gasteiger partial charge is 0.487 e. The lowest BCUT2D eigenvalue weighted by Crippen LogP contribution is -2.45. The third kappa shape index (κ3) is 7.66. The molecule has 6 N–H and O–H groups in total. The number of nitrogens with one attached hydrogen (secondary N) is 1. The Balaban J connectivity index is 1.23. The normalized spacial score (nSPS) is 22.0. The summed E-state index contributed by atoms with van der Waals surface area (Å²) in [4.78, 5) is 37.0. The van der Waals surface area contributed by atoms with Crippen LogP contribution in [0.2, 0.25) is 0 Å². The van der Waals surface area contributed by atoms with Crippen molar-refractivity contribution in [1.82, 2.24) is 24.6 Å². The number of nitrogens with two attached hydrogens (primary N) is 1. The summed E-state index contributed by atoms with van der Waals surface area (Å²) in [6.07, 6.45) is -3.79. The fourth-order valence-corrected chi connectivity index (χ4v) is 7.83. The molecule has 1 unspecified atom stereocenters. The highest BCUT2D eigenvalue weighted by Gasteiger charge is 2.54. The van der Waals surface area contributed by atoms with Gasteiger partial charge in [0.25, 0.3) is 0 Å². The van der Waals surface area contributed by atoms with Gasteiger partial charge in [-0.15, -0.1) is 0 Å². The zero-order chi connectivity index (χ0) is 37.4. The number of halogens is 1. The van der Waals surface area contributed by atoms with Gasteiger partial charge in [-0.3, -0.25) is 9.36 Å². The first kappa shape index (κ1) is 37.7. The number of nitrogen functional groups attached to an aromatic ring is 1. The minimum atomic E-state index is -4.77. The topological polar surface area (TPSA) is 223 Å². The average Bonchev–Trinajstić information content (AvgIpc) is 3.55. The first-order valence-electron chi connectivity index (χ1n) is 16.2. The third-order valence-electron chi connectivity index (χ3n) is 8.57. The van der Waals surface area contributed by atoms with Gasteiger partial charge in [0.2, 0.25) is 11.8 Å². The van der Waals surface area contributed by atoms with Crippen molar-refractivity contribution in [3.05, 3.63) is 76.1 Å². The number of aliphatic hydroxyl groups excluding tert-OH is 1.